The highest BCUT2D eigenvalue weighted by Crippen LogP contribution is 2.37. The highest BCUT2D eigenvalue weighted by Gasteiger charge is 2.51. The minimum atomic E-state index is -0.281. The molecule has 0 saturated carbocycles. The van der Waals surface area contributed by atoms with Crippen LogP contribution in [0.3, 0.4) is 0 Å². The Bertz CT molecular complexity index is 608. The molecule has 5 heteroatoms. The molecule has 1 aliphatic rings. The number of benzene rings is 1. The second-order valence-corrected chi connectivity index (χ2v) is 7.33. The Labute approximate surface area is 130 Å². The summed E-state index contributed by atoms with van der Waals surface area (Å²) in [6.45, 7) is 8.29. The van der Waals surface area contributed by atoms with Crippen LogP contribution in [0.15, 0.2) is 35.7 Å². The molecule has 0 spiro atoms. The lowest BCUT2D eigenvalue weighted by Gasteiger charge is -2.32. The van der Waals surface area contributed by atoms with Gasteiger partial charge in [-0.15, -0.1) is 11.3 Å². The van der Waals surface area contributed by atoms with Crippen LogP contribution in [-0.2, 0) is 15.6 Å². The highest BCUT2D eigenvalue weighted by atomic mass is 32.1. The third-order valence-corrected chi connectivity index (χ3v) is 5.14. The van der Waals surface area contributed by atoms with Gasteiger partial charge in [0.25, 0.3) is 0 Å². The van der Waals surface area contributed by atoms with E-state index in [4.69, 9.17) is 14.3 Å². The molecule has 110 valence electrons. The molecule has 0 atom stereocenters. The molecule has 0 unspecified atom stereocenters. The van der Waals surface area contributed by atoms with Crippen molar-refractivity contribution in [2.45, 2.75) is 45.2 Å². The molecule has 3 nitrogen and oxygen atoms in total. The maximum atomic E-state index is 6.03. The van der Waals surface area contributed by atoms with Gasteiger partial charge in [0.15, 0.2) is 0 Å². The lowest BCUT2D eigenvalue weighted by molar-refractivity contribution is 0.00578. The molecule has 0 N–H and O–H groups in total. The summed E-state index contributed by atoms with van der Waals surface area (Å²) in [5.41, 5.74) is 1.61. The first kappa shape index (κ1) is 14.8. The summed E-state index contributed by atoms with van der Waals surface area (Å²) in [6, 6.07) is 10.2. The third-order valence-electron chi connectivity index (χ3n) is 4.26. The SMILES string of the molecule is CC1(C)OB(Cc2nc(-c3ccccc3)cs2)OC1(C)C. The summed E-state index contributed by atoms with van der Waals surface area (Å²) in [7, 11) is -0.218. The number of rotatable bonds is 3. The highest BCUT2D eigenvalue weighted by molar-refractivity contribution is 7.10. The van der Waals surface area contributed by atoms with Gasteiger partial charge in [-0.1, -0.05) is 30.3 Å². The molecule has 0 aliphatic carbocycles. The van der Waals surface area contributed by atoms with E-state index in [0.717, 1.165) is 16.3 Å². The van der Waals surface area contributed by atoms with E-state index in [1.165, 1.54) is 0 Å². The Morgan fingerprint density at radius 2 is 1.67 bits per heavy atom. The van der Waals surface area contributed by atoms with Crippen molar-refractivity contribution in [2.24, 2.45) is 0 Å². The average molecular weight is 301 g/mol. The molecule has 0 amide bonds. The molecule has 0 radical (unpaired) electrons. The van der Waals surface area contributed by atoms with Crippen LogP contribution in [0.25, 0.3) is 11.3 Å². The van der Waals surface area contributed by atoms with Gasteiger partial charge >= 0.3 is 7.12 Å². The van der Waals surface area contributed by atoms with Crippen molar-refractivity contribution in [2.75, 3.05) is 0 Å². The first-order chi connectivity index (χ1) is 9.87. The summed E-state index contributed by atoms with van der Waals surface area (Å²) < 4.78 is 12.1. The van der Waals surface area contributed by atoms with Crippen molar-refractivity contribution >= 4 is 18.5 Å². The zero-order chi connectivity index (χ0) is 15.1. The van der Waals surface area contributed by atoms with Gasteiger partial charge in [-0.25, -0.2) is 4.98 Å². The first-order valence-corrected chi connectivity index (χ1v) is 8.11. The normalized spacial score (nSPS) is 19.9. The number of aromatic nitrogens is 1. The molecule has 0 bridgehead atoms. The van der Waals surface area contributed by atoms with E-state index in [-0.39, 0.29) is 18.3 Å². The van der Waals surface area contributed by atoms with Crippen molar-refractivity contribution in [3.63, 3.8) is 0 Å². The molecule has 1 aromatic carbocycles. The van der Waals surface area contributed by atoms with Gasteiger partial charge in [-0.05, 0) is 27.7 Å². The van der Waals surface area contributed by atoms with Crippen LogP contribution in [0.1, 0.15) is 32.7 Å². The van der Waals surface area contributed by atoms with Crippen LogP contribution in [0.5, 0.6) is 0 Å². The minimum absolute atomic E-state index is 0.218. The Hall–Kier alpha value is -1.17. The number of hydrogen-bond donors (Lipinski definition) is 0. The molecule has 1 fully saturated rings. The van der Waals surface area contributed by atoms with Gasteiger partial charge in [0.1, 0.15) is 0 Å². The van der Waals surface area contributed by atoms with Gasteiger partial charge in [-0.3, -0.25) is 0 Å². The third kappa shape index (κ3) is 2.91. The van der Waals surface area contributed by atoms with Gasteiger partial charge in [0, 0.05) is 17.3 Å². The summed E-state index contributed by atoms with van der Waals surface area (Å²) in [4.78, 5) is 4.70. The van der Waals surface area contributed by atoms with Crippen LogP contribution < -0.4 is 0 Å². The fourth-order valence-electron chi connectivity index (χ4n) is 2.34. The van der Waals surface area contributed by atoms with E-state index in [9.17, 15) is 0 Å². The van der Waals surface area contributed by atoms with E-state index in [1.54, 1.807) is 11.3 Å². The average Bonchev–Trinajstić information content (AvgIpc) is 2.94. The van der Waals surface area contributed by atoms with Crippen molar-refractivity contribution in [3.8, 4) is 11.3 Å². The van der Waals surface area contributed by atoms with Crippen molar-refractivity contribution < 1.29 is 9.31 Å². The smallest absolute Gasteiger partial charge is 0.403 e. The van der Waals surface area contributed by atoms with E-state index in [1.807, 2.05) is 18.2 Å². The van der Waals surface area contributed by atoms with Crippen molar-refractivity contribution in [3.05, 3.63) is 40.7 Å². The van der Waals surface area contributed by atoms with Gasteiger partial charge in [-0.2, -0.15) is 0 Å². The number of nitrogens with zero attached hydrogens (tertiary/aromatic N) is 1. The predicted molar refractivity (Wildman–Crippen MR) is 87.3 cm³/mol. The van der Waals surface area contributed by atoms with E-state index in [0.29, 0.717) is 6.32 Å². The lowest BCUT2D eigenvalue weighted by Crippen LogP contribution is -2.41. The maximum Gasteiger partial charge on any atom is 0.464 e. The fraction of sp³-hybridized carbons (Fsp3) is 0.438. The van der Waals surface area contributed by atoms with Crippen LogP contribution in [-0.4, -0.2) is 23.3 Å². The van der Waals surface area contributed by atoms with E-state index in [2.05, 4.69) is 45.2 Å². The predicted octanol–water partition coefficient (Wildman–Crippen LogP) is 3.98. The number of thiazole rings is 1. The Morgan fingerprint density at radius 3 is 2.29 bits per heavy atom. The monoisotopic (exact) mass is 301 g/mol. The molecule has 2 aromatic rings. The molecule has 1 saturated heterocycles. The molecule has 21 heavy (non-hydrogen) atoms. The fourth-order valence-corrected chi connectivity index (χ4v) is 3.16. The summed E-state index contributed by atoms with van der Waals surface area (Å²) in [6.07, 6.45) is 0.699. The zero-order valence-electron chi connectivity index (χ0n) is 12.9. The summed E-state index contributed by atoms with van der Waals surface area (Å²) >= 11 is 1.66. The van der Waals surface area contributed by atoms with E-state index < -0.39 is 0 Å². The van der Waals surface area contributed by atoms with Crippen LogP contribution in [0.2, 0.25) is 0 Å². The van der Waals surface area contributed by atoms with Gasteiger partial charge in [0.05, 0.1) is 21.9 Å². The Balaban J connectivity index is 1.72. The van der Waals surface area contributed by atoms with Crippen LogP contribution in [0.4, 0.5) is 0 Å². The zero-order valence-corrected chi connectivity index (χ0v) is 13.7. The molecule has 1 aliphatic heterocycles. The second-order valence-electron chi connectivity index (χ2n) is 6.38. The quantitative estimate of drug-likeness (QED) is 0.803. The lowest BCUT2D eigenvalue weighted by atomic mass is 9.85. The van der Waals surface area contributed by atoms with Crippen LogP contribution >= 0.6 is 11.3 Å². The minimum Gasteiger partial charge on any atom is -0.403 e. The van der Waals surface area contributed by atoms with Crippen molar-refractivity contribution in [1.82, 2.24) is 4.98 Å². The summed E-state index contributed by atoms with van der Waals surface area (Å²) in [5, 5.41) is 3.14. The molecule has 2 heterocycles. The maximum absolute atomic E-state index is 6.03. The molecule has 1 aromatic heterocycles. The number of hydrogen-bond acceptors (Lipinski definition) is 4. The molecular weight excluding hydrogens is 281 g/mol. The Morgan fingerprint density at radius 1 is 1.05 bits per heavy atom. The van der Waals surface area contributed by atoms with Crippen molar-refractivity contribution in [1.29, 1.82) is 0 Å². The largest absolute Gasteiger partial charge is 0.464 e. The summed E-state index contributed by atoms with van der Waals surface area (Å²) in [5.74, 6) is 0. The van der Waals surface area contributed by atoms with Gasteiger partial charge in [0.2, 0.25) is 0 Å². The Kier molecular flexibility index (Phi) is 3.68. The standard InChI is InChI=1S/C16H20BNO2S/c1-15(2)16(3,4)20-17(19-15)10-14-18-13(11-21-14)12-8-6-5-7-9-12/h5-9,11H,10H2,1-4H3. The molecular formula is C16H20BNO2S. The van der Waals surface area contributed by atoms with Gasteiger partial charge < -0.3 is 9.31 Å². The van der Waals surface area contributed by atoms with E-state index >= 15 is 0 Å². The topological polar surface area (TPSA) is 31.4 Å². The van der Waals surface area contributed by atoms with Crippen LogP contribution in [0, 0.1) is 0 Å². The second kappa shape index (κ2) is 5.23. The first-order valence-electron chi connectivity index (χ1n) is 7.23. The molecule has 3 rings (SSSR count).